The number of anilines is 2. The largest absolute Gasteiger partial charge is 0.396 e. The van der Waals surface area contributed by atoms with Crippen LogP contribution in [0.5, 0.6) is 0 Å². The van der Waals surface area contributed by atoms with E-state index in [1.807, 2.05) is 6.07 Å². The molecule has 0 unspecified atom stereocenters. The maximum atomic E-state index is 5.88. The Balaban J connectivity index is 1.75. The van der Waals surface area contributed by atoms with Crippen molar-refractivity contribution in [1.82, 2.24) is 14.8 Å². The third kappa shape index (κ3) is 3.83. The summed E-state index contributed by atoms with van der Waals surface area (Å²) >= 11 is 3.35. The van der Waals surface area contributed by atoms with E-state index in [4.69, 9.17) is 5.73 Å². The van der Waals surface area contributed by atoms with Gasteiger partial charge in [0, 0.05) is 49.9 Å². The molecule has 0 saturated carbocycles. The molecule has 0 atom stereocenters. The van der Waals surface area contributed by atoms with Gasteiger partial charge in [0.05, 0.1) is 5.69 Å². The van der Waals surface area contributed by atoms with Gasteiger partial charge in [0.15, 0.2) is 0 Å². The minimum absolute atomic E-state index is 0.683. The van der Waals surface area contributed by atoms with Gasteiger partial charge in [-0.25, -0.2) is 4.98 Å². The van der Waals surface area contributed by atoms with Gasteiger partial charge < -0.3 is 16.0 Å². The number of nitrogens with two attached hydrogens (primary N) is 1. The molecule has 0 aromatic carbocycles. The van der Waals surface area contributed by atoms with E-state index in [1.54, 1.807) is 6.20 Å². The van der Waals surface area contributed by atoms with Crippen LogP contribution in [0, 0.1) is 0 Å². The molecule has 5 nitrogen and oxygen atoms in total. The zero-order chi connectivity index (χ0) is 13.0. The van der Waals surface area contributed by atoms with E-state index in [-0.39, 0.29) is 0 Å². The predicted octanol–water partition coefficient (Wildman–Crippen LogP) is 1.09. The summed E-state index contributed by atoms with van der Waals surface area (Å²) < 4.78 is 0.907. The van der Waals surface area contributed by atoms with Crippen LogP contribution < -0.4 is 11.1 Å². The SMILES string of the molecule is CN1CCN(CCNc2ncc(Br)cc2N)CC1. The molecule has 2 heterocycles. The van der Waals surface area contributed by atoms with E-state index in [0.29, 0.717) is 5.69 Å². The summed E-state index contributed by atoms with van der Waals surface area (Å²) in [6.07, 6.45) is 1.76. The quantitative estimate of drug-likeness (QED) is 0.871. The van der Waals surface area contributed by atoms with Crippen LogP contribution >= 0.6 is 15.9 Å². The number of nitrogens with one attached hydrogen (secondary N) is 1. The number of halogens is 1. The standard InChI is InChI=1S/C12H20BrN5/c1-17-4-6-18(7-5-17)3-2-15-12-11(14)8-10(13)9-16-12/h8-9H,2-7,14H2,1H3,(H,15,16). The molecular weight excluding hydrogens is 294 g/mol. The van der Waals surface area contributed by atoms with Gasteiger partial charge in [-0.3, -0.25) is 4.90 Å². The van der Waals surface area contributed by atoms with E-state index >= 15 is 0 Å². The van der Waals surface area contributed by atoms with E-state index in [1.165, 1.54) is 0 Å². The fourth-order valence-corrected chi connectivity index (χ4v) is 2.36. The summed E-state index contributed by atoms with van der Waals surface area (Å²) in [7, 11) is 2.17. The third-order valence-electron chi connectivity index (χ3n) is 3.20. The third-order valence-corrected chi connectivity index (χ3v) is 3.63. The minimum Gasteiger partial charge on any atom is -0.396 e. The number of pyridine rings is 1. The van der Waals surface area contributed by atoms with Gasteiger partial charge in [0.25, 0.3) is 0 Å². The number of nitrogens with zero attached hydrogens (tertiary/aromatic N) is 3. The first kappa shape index (κ1) is 13.6. The zero-order valence-corrected chi connectivity index (χ0v) is 12.3. The van der Waals surface area contributed by atoms with Crippen LogP contribution in [-0.4, -0.2) is 61.1 Å². The average Bonchev–Trinajstić information content (AvgIpc) is 2.34. The average molecular weight is 314 g/mol. The van der Waals surface area contributed by atoms with Crippen LogP contribution in [0.15, 0.2) is 16.7 Å². The fourth-order valence-electron chi connectivity index (χ4n) is 2.01. The number of aromatic nitrogens is 1. The molecule has 18 heavy (non-hydrogen) atoms. The molecule has 2 rings (SSSR count). The first-order valence-electron chi connectivity index (χ1n) is 6.21. The Morgan fingerprint density at radius 3 is 2.78 bits per heavy atom. The van der Waals surface area contributed by atoms with Crippen LogP contribution in [0.1, 0.15) is 0 Å². The Bertz CT molecular complexity index is 390. The van der Waals surface area contributed by atoms with Crippen molar-refractivity contribution in [3.05, 3.63) is 16.7 Å². The lowest BCUT2D eigenvalue weighted by molar-refractivity contribution is 0.158. The molecule has 100 valence electrons. The first-order valence-corrected chi connectivity index (χ1v) is 7.00. The van der Waals surface area contributed by atoms with Crippen molar-refractivity contribution in [2.75, 3.05) is 57.4 Å². The number of nitrogen functional groups attached to an aromatic ring is 1. The van der Waals surface area contributed by atoms with E-state index in [2.05, 4.69) is 43.1 Å². The molecule has 1 aliphatic rings. The number of piperazine rings is 1. The first-order chi connectivity index (χ1) is 8.65. The minimum atomic E-state index is 0.683. The van der Waals surface area contributed by atoms with E-state index in [0.717, 1.165) is 49.6 Å². The molecule has 0 bridgehead atoms. The van der Waals surface area contributed by atoms with Crippen molar-refractivity contribution in [1.29, 1.82) is 0 Å². The summed E-state index contributed by atoms with van der Waals surface area (Å²) in [6.45, 7) is 6.49. The highest BCUT2D eigenvalue weighted by Crippen LogP contribution is 2.19. The second-order valence-corrected chi connectivity index (χ2v) is 5.58. The Hall–Kier alpha value is -0.850. The highest BCUT2D eigenvalue weighted by molar-refractivity contribution is 9.10. The van der Waals surface area contributed by atoms with Crippen molar-refractivity contribution in [2.45, 2.75) is 0 Å². The van der Waals surface area contributed by atoms with Crippen LogP contribution in [-0.2, 0) is 0 Å². The Morgan fingerprint density at radius 2 is 2.11 bits per heavy atom. The van der Waals surface area contributed by atoms with Crippen molar-refractivity contribution < 1.29 is 0 Å². The summed E-state index contributed by atoms with van der Waals surface area (Å²) in [5, 5.41) is 3.29. The normalized spacial score (nSPS) is 17.9. The van der Waals surface area contributed by atoms with Crippen molar-refractivity contribution in [3.8, 4) is 0 Å². The highest BCUT2D eigenvalue weighted by atomic mass is 79.9. The maximum absolute atomic E-state index is 5.88. The van der Waals surface area contributed by atoms with Gasteiger partial charge >= 0.3 is 0 Å². The maximum Gasteiger partial charge on any atom is 0.149 e. The molecule has 0 spiro atoms. The summed E-state index contributed by atoms with van der Waals surface area (Å²) in [6, 6.07) is 1.87. The molecule has 1 aliphatic heterocycles. The van der Waals surface area contributed by atoms with E-state index < -0.39 is 0 Å². The molecule has 0 radical (unpaired) electrons. The number of likely N-dealkylation sites (N-methyl/N-ethyl adjacent to an activating group) is 1. The fraction of sp³-hybridized carbons (Fsp3) is 0.583. The van der Waals surface area contributed by atoms with Gasteiger partial charge in [-0.05, 0) is 29.0 Å². The summed E-state index contributed by atoms with van der Waals surface area (Å²) in [5.41, 5.74) is 6.57. The number of rotatable bonds is 4. The second kappa shape index (κ2) is 6.36. The lowest BCUT2D eigenvalue weighted by Crippen LogP contribution is -2.45. The van der Waals surface area contributed by atoms with Gasteiger partial charge in [0.2, 0.25) is 0 Å². The Labute approximate surface area is 116 Å². The lowest BCUT2D eigenvalue weighted by atomic mass is 10.3. The molecular formula is C12H20BrN5. The smallest absolute Gasteiger partial charge is 0.149 e. The van der Waals surface area contributed by atoms with Gasteiger partial charge in [-0.2, -0.15) is 0 Å². The predicted molar refractivity (Wildman–Crippen MR) is 78.8 cm³/mol. The zero-order valence-electron chi connectivity index (χ0n) is 10.7. The number of hydrogen-bond donors (Lipinski definition) is 2. The molecule has 6 heteroatoms. The number of hydrogen-bond acceptors (Lipinski definition) is 5. The van der Waals surface area contributed by atoms with Crippen LogP contribution in [0.2, 0.25) is 0 Å². The second-order valence-electron chi connectivity index (χ2n) is 4.66. The molecule has 1 aromatic heterocycles. The molecule has 0 aliphatic carbocycles. The topological polar surface area (TPSA) is 57.4 Å². The lowest BCUT2D eigenvalue weighted by Gasteiger charge is -2.32. The Morgan fingerprint density at radius 1 is 1.39 bits per heavy atom. The van der Waals surface area contributed by atoms with Gasteiger partial charge in [-0.15, -0.1) is 0 Å². The van der Waals surface area contributed by atoms with E-state index in [9.17, 15) is 0 Å². The molecule has 1 fully saturated rings. The van der Waals surface area contributed by atoms with Crippen molar-refractivity contribution in [3.63, 3.8) is 0 Å². The van der Waals surface area contributed by atoms with Crippen LogP contribution in [0.3, 0.4) is 0 Å². The van der Waals surface area contributed by atoms with Crippen molar-refractivity contribution >= 4 is 27.4 Å². The molecule has 1 saturated heterocycles. The Kier molecular flexibility index (Phi) is 4.79. The summed E-state index contributed by atoms with van der Waals surface area (Å²) in [5.74, 6) is 0.771. The monoisotopic (exact) mass is 313 g/mol. The molecule has 3 N–H and O–H groups in total. The van der Waals surface area contributed by atoms with Crippen molar-refractivity contribution in [2.24, 2.45) is 0 Å². The molecule has 0 amide bonds. The molecule has 1 aromatic rings. The highest BCUT2D eigenvalue weighted by Gasteiger charge is 2.12. The summed E-state index contributed by atoms with van der Waals surface area (Å²) in [4.78, 5) is 9.08. The van der Waals surface area contributed by atoms with Crippen LogP contribution in [0.4, 0.5) is 11.5 Å². The van der Waals surface area contributed by atoms with Crippen LogP contribution in [0.25, 0.3) is 0 Å². The van der Waals surface area contributed by atoms with Gasteiger partial charge in [0.1, 0.15) is 5.82 Å². The van der Waals surface area contributed by atoms with Gasteiger partial charge in [-0.1, -0.05) is 0 Å².